The Morgan fingerprint density at radius 3 is 1.06 bits per heavy atom. The van der Waals surface area contributed by atoms with Crippen LogP contribution in [0.15, 0.2) is 0 Å². The van der Waals surface area contributed by atoms with Crippen LogP contribution in [0.2, 0.25) is 0 Å². The van der Waals surface area contributed by atoms with E-state index in [0.717, 1.165) is 12.1 Å². The van der Waals surface area contributed by atoms with Crippen LogP contribution in [-0.2, 0) is 25.3 Å². The van der Waals surface area contributed by atoms with Gasteiger partial charge in [0.15, 0.2) is 0 Å². The summed E-state index contributed by atoms with van der Waals surface area (Å²) < 4.78 is 0.167. The smallest absolute Gasteiger partial charge is 0.415 e. The average Bonchev–Trinajstić information content (AvgIpc) is 3.08. The molecule has 4 rings (SSSR count). The van der Waals surface area contributed by atoms with E-state index in [1.54, 1.807) is 0 Å². The minimum absolute atomic E-state index is 0. The van der Waals surface area contributed by atoms with Gasteiger partial charge in [-0.3, -0.25) is 0 Å². The maximum Gasteiger partial charge on any atom is 2.00 e. The summed E-state index contributed by atoms with van der Waals surface area (Å²) in [5.74, 6) is 0. The first-order valence-electron chi connectivity index (χ1n) is 11.8. The van der Waals surface area contributed by atoms with Crippen molar-refractivity contribution in [1.82, 2.24) is 9.80 Å². The first-order valence-corrected chi connectivity index (χ1v) is 13.4. The molecule has 4 nitrogen and oxygen atoms in total. The average molecular weight is 531 g/mol. The Bertz CT molecular complexity index is 406. The fraction of sp³-hybridized carbons (Fsp3) is 0.909. The van der Waals surface area contributed by atoms with Gasteiger partial charge in [-0.1, -0.05) is 47.2 Å². The number of thiocarbonyl (C=S) groups is 2. The number of nitrogens with zero attached hydrogens (tertiary/aromatic N) is 2. The Balaban J connectivity index is 0.000000427. The largest absolute Gasteiger partial charge is 2.00 e. The van der Waals surface area contributed by atoms with Crippen molar-refractivity contribution in [1.29, 1.82) is 0 Å². The summed E-state index contributed by atoms with van der Waals surface area (Å²) in [6.45, 7) is 5.57. The van der Waals surface area contributed by atoms with E-state index in [4.69, 9.17) is 0 Å². The van der Waals surface area contributed by atoms with E-state index in [1.165, 1.54) is 116 Å². The summed E-state index contributed by atoms with van der Waals surface area (Å²) in [5.41, 5.74) is 9.31. The molecule has 0 aromatic heterocycles. The topological polar surface area (TPSA) is 58.5 Å². The van der Waals surface area contributed by atoms with Gasteiger partial charge in [-0.25, -0.2) is 0 Å². The molecule has 4 aliphatic heterocycles. The van der Waals surface area contributed by atoms with Crippen molar-refractivity contribution in [2.45, 2.75) is 102 Å². The molecule has 0 aliphatic carbocycles. The van der Waals surface area contributed by atoms with E-state index in [1.807, 2.05) is 0 Å². The summed E-state index contributed by atoms with van der Waals surface area (Å²) in [4.78, 5) is 5.47. The molecule has 0 bridgehead atoms. The zero-order valence-electron chi connectivity index (χ0n) is 19.3. The van der Waals surface area contributed by atoms with Gasteiger partial charge in [0.2, 0.25) is 0 Å². The van der Waals surface area contributed by atoms with Gasteiger partial charge < -0.3 is 71.0 Å². The first kappa shape index (κ1) is 32.4. The van der Waals surface area contributed by atoms with Crippen LogP contribution in [-0.4, -0.2) is 94.4 Å². The summed E-state index contributed by atoms with van der Waals surface area (Å²) in [6, 6.07) is 1.96. The Labute approximate surface area is 243 Å². The van der Waals surface area contributed by atoms with Crippen LogP contribution in [0.5, 0.6) is 0 Å². The molecule has 4 saturated heterocycles. The zero-order valence-corrected chi connectivity index (χ0v) is 24.7. The number of nitrogens with two attached hydrogens (primary N) is 2. The van der Waals surface area contributed by atoms with E-state index in [2.05, 4.69) is 71.0 Å². The van der Waals surface area contributed by atoms with Gasteiger partial charge in [-0.2, -0.15) is 0 Å². The number of hydrogen-bond donors (Lipinski definition) is 2. The quantitative estimate of drug-likeness (QED) is 0.277. The van der Waals surface area contributed by atoms with Crippen molar-refractivity contribution in [3.05, 3.63) is 0 Å². The van der Waals surface area contributed by atoms with E-state index in [0.29, 0.717) is 0 Å². The van der Waals surface area contributed by atoms with E-state index < -0.39 is 0 Å². The molecule has 2 unspecified atom stereocenters. The molecule has 0 spiro atoms. The van der Waals surface area contributed by atoms with Crippen LogP contribution in [0.4, 0.5) is 0 Å². The summed E-state index contributed by atoms with van der Waals surface area (Å²) >= 11 is 16.5. The fourth-order valence-electron chi connectivity index (χ4n) is 5.11. The molecule has 176 valence electrons. The van der Waals surface area contributed by atoms with Crippen LogP contribution in [0.25, 0.3) is 0 Å². The maximum atomic E-state index is 4.66. The molecule has 9 heteroatoms. The molecule has 2 atom stereocenters. The number of hydrogen-bond acceptors (Lipinski definition) is 6. The van der Waals surface area contributed by atoms with Crippen molar-refractivity contribution < 1.29 is 0 Å². The van der Waals surface area contributed by atoms with Gasteiger partial charge in [0.1, 0.15) is 0 Å². The molecule has 4 aliphatic rings. The number of rotatable bonds is 0. The molecular formula is C22H42CaN4S4. The van der Waals surface area contributed by atoms with Crippen molar-refractivity contribution in [3.63, 3.8) is 0 Å². The summed E-state index contributed by atoms with van der Waals surface area (Å²) in [5, 5.41) is 0. The predicted molar refractivity (Wildman–Crippen MR) is 149 cm³/mol. The van der Waals surface area contributed by atoms with Crippen LogP contribution in [0, 0.1) is 0 Å². The normalized spacial score (nSPS) is 25.9. The molecule has 4 fully saturated rings. The Hall–Kier alpha value is 1.40. The van der Waals surface area contributed by atoms with Crippen molar-refractivity contribution in [3.8, 4) is 0 Å². The molecule has 4 N–H and O–H groups in total. The second kappa shape index (κ2) is 20.7. The SMILES string of the molecule is C1CCC2CCCCN2CC1.C1CCC2CCCCN2CC1.NC(=S)[S-].NC(=S)[S-].[Ca+2]. The van der Waals surface area contributed by atoms with E-state index in [-0.39, 0.29) is 46.4 Å². The summed E-state index contributed by atoms with van der Waals surface area (Å²) in [6.07, 6.45) is 20.7. The molecule has 0 radical (unpaired) electrons. The zero-order chi connectivity index (χ0) is 22.2. The first-order chi connectivity index (χ1) is 14.4. The second-order valence-corrected chi connectivity index (χ2v) is 11.0. The van der Waals surface area contributed by atoms with Gasteiger partial charge in [-0.15, -0.1) is 0 Å². The molecule has 0 amide bonds. The van der Waals surface area contributed by atoms with Crippen LogP contribution in [0.1, 0.15) is 89.9 Å². The van der Waals surface area contributed by atoms with Gasteiger partial charge in [-0.05, 0) is 77.5 Å². The maximum absolute atomic E-state index is 4.66. The van der Waals surface area contributed by atoms with Gasteiger partial charge >= 0.3 is 37.7 Å². The third kappa shape index (κ3) is 17.5. The number of piperidine rings is 2. The molecule has 0 aromatic carbocycles. The van der Waals surface area contributed by atoms with E-state index >= 15 is 0 Å². The molecular weight excluding hydrogens is 489 g/mol. The number of fused-ring (bicyclic) bond motifs is 2. The van der Waals surface area contributed by atoms with Crippen molar-refractivity contribution in [2.24, 2.45) is 11.5 Å². The van der Waals surface area contributed by atoms with E-state index in [9.17, 15) is 0 Å². The third-order valence-corrected chi connectivity index (χ3v) is 6.46. The third-order valence-electron chi connectivity index (χ3n) is 6.46. The monoisotopic (exact) mass is 530 g/mol. The van der Waals surface area contributed by atoms with Crippen LogP contribution in [0.3, 0.4) is 0 Å². The molecule has 0 aromatic rings. The van der Waals surface area contributed by atoms with Gasteiger partial charge in [0.05, 0.1) is 0 Å². The Morgan fingerprint density at radius 2 is 0.774 bits per heavy atom. The second-order valence-electron chi connectivity index (χ2n) is 8.71. The van der Waals surface area contributed by atoms with Gasteiger partial charge in [0.25, 0.3) is 0 Å². The standard InChI is InChI=1S/2C10H19N.2CH3NS2.Ca/c2*1-2-6-10-7-3-5-9-11(10)8-4-1;2*2-1(3)4;/h2*10H,1-9H2;2*(H3,2,3,4);/q;;;;+2/p-2. The molecule has 31 heavy (non-hydrogen) atoms. The molecule has 0 saturated carbocycles. The fourth-order valence-corrected chi connectivity index (χ4v) is 5.11. The van der Waals surface area contributed by atoms with Crippen molar-refractivity contribution >= 4 is 96.1 Å². The molecule has 4 heterocycles. The van der Waals surface area contributed by atoms with Crippen LogP contribution >= 0.6 is 24.4 Å². The van der Waals surface area contributed by atoms with Crippen LogP contribution < -0.4 is 11.5 Å². The Kier molecular flexibility index (Phi) is 21.7. The Morgan fingerprint density at radius 1 is 0.548 bits per heavy atom. The van der Waals surface area contributed by atoms with Gasteiger partial charge in [0, 0.05) is 12.1 Å². The summed E-state index contributed by atoms with van der Waals surface area (Å²) in [7, 11) is 0. The predicted octanol–water partition coefficient (Wildman–Crippen LogP) is 4.00. The minimum atomic E-state index is 0. The minimum Gasteiger partial charge on any atom is -0.415 e. The van der Waals surface area contributed by atoms with Crippen molar-refractivity contribution in [2.75, 3.05) is 26.2 Å².